The van der Waals surface area contributed by atoms with Crippen molar-refractivity contribution in [1.29, 1.82) is 0 Å². The normalized spacial score (nSPS) is 12.4. The van der Waals surface area contributed by atoms with Crippen LogP contribution in [0.25, 0.3) is 0 Å². The molecule has 1 heterocycles. The van der Waals surface area contributed by atoms with E-state index < -0.39 is 28.3 Å². The van der Waals surface area contributed by atoms with Crippen molar-refractivity contribution in [2.75, 3.05) is 12.4 Å². The lowest BCUT2D eigenvalue weighted by molar-refractivity contribution is -0.148. The molecule has 25 heavy (non-hydrogen) atoms. The average Bonchev–Trinajstić information content (AvgIpc) is 3.14. The molecule has 1 N–H and O–H groups in total. The van der Waals surface area contributed by atoms with Crippen LogP contribution in [-0.4, -0.2) is 32.7 Å². The third-order valence-corrected chi connectivity index (χ3v) is 5.12. The van der Waals surface area contributed by atoms with Gasteiger partial charge in [-0.3, -0.25) is 9.59 Å². The van der Waals surface area contributed by atoms with E-state index >= 15 is 0 Å². The van der Waals surface area contributed by atoms with Gasteiger partial charge in [0.15, 0.2) is 16.4 Å². The Morgan fingerprint density at radius 3 is 2.52 bits per heavy atom. The van der Waals surface area contributed by atoms with E-state index in [9.17, 15) is 18.0 Å². The Kier molecular flexibility index (Phi) is 6.35. The minimum atomic E-state index is -3.56. The van der Waals surface area contributed by atoms with E-state index in [4.69, 9.17) is 9.15 Å². The molecule has 2 rings (SSSR count). The fraction of sp³-hybridized carbons (Fsp3) is 0.294. The maximum absolute atomic E-state index is 12.1. The minimum Gasteiger partial charge on any atom is -0.467 e. The monoisotopic (exact) mass is 365 g/mol. The Labute approximate surface area is 145 Å². The van der Waals surface area contributed by atoms with Gasteiger partial charge >= 0.3 is 5.97 Å². The Morgan fingerprint density at radius 1 is 1.16 bits per heavy atom. The number of carbonyl (C=O) groups excluding carboxylic acids is 2. The summed E-state index contributed by atoms with van der Waals surface area (Å²) in [6, 6.07) is 10.9. The summed E-state index contributed by atoms with van der Waals surface area (Å²) in [6.07, 6.45) is 1.17. The molecule has 0 spiro atoms. The van der Waals surface area contributed by atoms with Crippen molar-refractivity contribution in [2.45, 2.75) is 24.3 Å². The number of rotatable bonds is 8. The average molecular weight is 365 g/mol. The molecule has 0 fully saturated rings. The standard InChI is InChI=1S/C17H19NO6S/c1-13(15-8-5-10-23-15)18-16(19)12-24-17(20)9-11-25(21,22)14-6-3-2-4-7-14/h2-8,10,13H,9,11-12H2,1H3,(H,18,19)/t13-/m0/s1. The van der Waals surface area contributed by atoms with Gasteiger partial charge in [0.1, 0.15) is 5.76 Å². The summed E-state index contributed by atoms with van der Waals surface area (Å²) >= 11 is 0. The maximum atomic E-state index is 12.1. The second kappa shape index (κ2) is 8.48. The number of furan rings is 1. The lowest BCUT2D eigenvalue weighted by Gasteiger charge is -2.11. The first kappa shape index (κ1) is 18.7. The first-order chi connectivity index (χ1) is 11.9. The van der Waals surface area contributed by atoms with Crippen molar-refractivity contribution in [1.82, 2.24) is 5.32 Å². The van der Waals surface area contributed by atoms with E-state index in [1.807, 2.05) is 0 Å². The highest BCUT2D eigenvalue weighted by molar-refractivity contribution is 7.91. The van der Waals surface area contributed by atoms with Crippen LogP contribution in [-0.2, 0) is 24.2 Å². The second-order valence-corrected chi connectivity index (χ2v) is 7.46. The molecule has 7 nitrogen and oxygen atoms in total. The van der Waals surface area contributed by atoms with Crippen LogP contribution in [0.3, 0.4) is 0 Å². The quantitative estimate of drug-likeness (QED) is 0.716. The van der Waals surface area contributed by atoms with Crippen molar-refractivity contribution in [3.8, 4) is 0 Å². The van der Waals surface area contributed by atoms with Crippen molar-refractivity contribution in [3.63, 3.8) is 0 Å². The molecule has 134 valence electrons. The van der Waals surface area contributed by atoms with Gasteiger partial charge in [-0.15, -0.1) is 0 Å². The van der Waals surface area contributed by atoms with Crippen molar-refractivity contribution in [3.05, 3.63) is 54.5 Å². The van der Waals surface area contributed by atoms with Gasteiger partial charge in [0.2, 0.25) is 0 Å². The number of hydrogen-bond acceptors (Lipinski definition) is 6. The molecule has 0 radical (unpaired) electrons. The largest absolute Gasteiger partial charge is 0.467 e. The molecule has 0 aliphatic carbocycles. The van der Waals surface area contributed by atoms with Gasteiger partial charge in [-0.1, -0.05) is 18.2 Å². The highest BCUT2D eigenvalue weighted by Gasteiger charge is 2.18. The van der Waals surface area contributed by atoms with E-state index in [2.05, 4.69) is 5.32 Å². The summed E-state index contributed by atoms with van der Waals surface area (Å²) in [4.78, 5) is 23.5. The molecule has 0 aliphatic heterocycles. The summed E-state index contributed by atoms with van der Waals surface area (Å²) in [5.41, 5.74) is 0. The predicted octanol–water partition coefficient (Wildman–Crippen LogP) is 1.86. The number of hydrogen-bond donors (Lipinski definition) is 1. The van der Waals surface area contributed by atoms with Crippen LogP contribution >= 0.6 is 0 Å². The van der Waals surface area contributed by atoms with Crippen LogP contribution in [0.5, 0.6) is 0 Å². The zero-order valence-electron chi connectivity index (χ0n) is 13.7. The van der Waals surface area contributed by atoms with Gasteiger partial charge in [0.25, 0.3) is 5.91 Å². The summed E-state index contributed by atoms with van der Waals surface area (Å²) in [7, 11) is -3.56. The van der Waals surface area contributed by atoms with Gasteiger partial charge < -0.3 is 14.5 Å². The van der Waals surface area contributed by atoms with E-state index in [-0.39, 0.29) is 23.1 Å². The number of ether oxygens (including phenoxy) is 1. The Balaban J connectivity index is 1.74. The van der Waals surface area contributed by atoms with Crippen LogP contribution in [0.4, 0.5) is 0 Å². The second-order valence-electron chi connectivity index (χ2n) is 5.35. The molecular formula is C17H19NO6S. The highest BCUT2D eigenvalue weighted by atomic mass is 32.2. The van der Waals surface area contributed by atoms with Gasteiger partial charge in [-0.25, -0.2) is 8.42 Å². The number of carbonyl (C=O) groups is 2. The van der Waals surface area contributed by atoms with Crippen LogP contribution in [0.1, 0.15) is 25.1 Å². The SMILES string of the molecule is C[C@H](NC(=O)COC(=O)CCS(=O)(=O)c1ccccc1)c1ccco1. The third kappa shape index (κ3) is 5.75. The van der Waals surface area contributed by atoms with Gasteiger partial charge in [0, 0.05) is 0 Å². The Hall–Kier alpha value is -2.61. The molecule has 0 unspecified atom stereocenters. The minimum absolute atomic E-state index is 0.146. The molecule has 1 amide bonds. The summed E-state index contributed by atoms with van der Waals surface area (Å²) < 4.78 is 34.1. The first-order valence-electron chi connectivity index (χ1n) is 7.64. The van der Waals surface area contributed by atoms with Crippen LogP contribution in [0.15, 0.2) is 58.0 Å². The number of benzene rings is 1. The van der Waals surface area contributed by atoms with Crippen LogP contribution in [0, 0.1) is 0 Å². The van der Waals surface area contributed by atoms with Gasteiger partial charge in [0.05, 0.1) is 29.4 Å². The first-order valence-corrected chi connectivity index (χ1v) is 9.30. The fourth-order valence-electron chi connectivity index (χ4n) is 2.07. The van der Waals surface area contributed by atoms with Crippen LogP contribution in [0.2, 0.25) is 0 Å². The molecular weight excluding hydrogens is 346 g/mol. The van der Waals surface area contributed by atoms with Crippen molar-refractivity contribution in [2.24, 2.45) is 0 Å². The molecule has 2 aromatic rings. The molecule has 0 bridgehead atoms. The fourth-order valence-corrected chi connectivity index (χ4v) is 3.32. The molecule has 1 aromatic carbocycles. The number of esters is 1. The molecule has 1 aromatic heterocycles. The Morgan fingerprint density at radius 2 is 1.88 bits per heavy atom. The number of sulfone groups is 1. The summed E-state index contributed by atoms with van der Waals surface area (Å²) in [5.74, 6) is -1.04. The highest BCUT2D eigenvalue weighted by Crippen LogP contribution is 2.12. The molecule has 1 atom stereocenters. The van der Waals surface area contributed by atoms with Crippen molar-refractivity contribution < 1.29 is 27.2 Å². The summed E-state index contributed by atoms with van der Waals surface area (Å²) in [5, 5.41) is 2.61. The zero-order chi connectivity index (χ0) is 18.3. The Bertz CT molecular complexity index is 799. The molecule has 0 aliphatic rings. The number of amides is 1. The predicted molar refractivity (Wildman–Crippen MR) is 89.3 cm³/mol. The van der Waals surface area contributed by atoms with Gasteiger partial charge in [-0.05, 0) is 31.2 Å². The number of nitrogens with one attached hydrogen (secondary N) is 1. The molecule has 8 heteroatoms. The van der Waals surface area contributed by atoms with E-state index in [0.29, 0.717) is 5.76 Å². The third-order valence-electron chi connectivity index (χ3n) is 3.39. The van der Waals surface area contributed by atoms with E-state index in [1.54, 1.807) is 37.3 Å². The zero-order valence-corrected chi connectivity index (χ0v) is 14.5. The summed E-state index contributed by atoms with van der Waals surface area (Å²) in [6.45, 7) is 1.25. The van der Waals surface area contributed by atoms with Crippen molar-refractivity contribution >= 4 is 21.7 Å². The lowest BCUT2D eigenvalue weighted by Crippen LogP contribution is -2.31. The molecule has 0 saturated heterocycles. The topological polar surface area (TPSA) is 103 Å². The smallest absolute Gasteiger partial charge is 0.307 e. The van der Waals surface area contributed by atoms with E-state index in [0.717, 1.165) is 0 Å². The molecule has 0 saturated carbocycles. The lowest BCUT2D eigenvalue weighted by atomic mass is 10.2. The van der Waals surface area contributed by atoms with Crippen LogP contribution < -0.4 is 5.32 Å². The maximum Gasteiger partial charge on any atom is 0.307 e. The van der Waals surface area contributed by atoms with E-state index in [1.165, 1.54) is 18.4 Å². The van der Waals surface area contributed by atoms with Gasteiger partial charge in [-0.2, -0.15) is 0 Å².